The number of halogens is 1. The van der Waals surface area contributed by atoms with Gasteiger partial charge in [0.05, 0.1) is 10.3 Å². The van der Waals surface area contributed by atoms with Gasteiger partial charge in [0.15, 0.2) is 0 Å². The molecule has 0 N–H and O–H groups in total. The van der Waals surface area contributed by atoms with E-state index in [1.807, 2.05) is 6.92 Å². The number of hydrogen-bond acceptors (Lipinski definition) is 3. The zero-order chi connectivity index (χ0) is 11.8. The Hall–Kier alpha value is -0.590. The Morgan fingerprint density at radius 1 is 1.50 bits per heavy atom. The van der Waals surface area contributed by atoms with E-state index >= 15 is 0 Å². The van der Waals surface area contributed by atoms with Gasteiger partial charge in [0, 0.05) is 12.3 Å². The van der Waals surface area contributed by atoms with Gasteiger partial charge < -0.3 is 0 Å². The smallest absolute Gasteiger partial charge is 0.207 e. The molecule has 1 aromatic carbocycles. The fourth-order valence-electron chi connectivity index (χ4n) is 1.66. The second-order valence-corrected chi connectivity index (χ2v) is 6.86. The predicted octanol–water partition coefficient (Wildman–Crippen LogP) is 1.91. The van der Waals surface area contributed by atoms with Crippen molar-refractivity contribution in [2.45, 2.75) is 17.2 Å². The molecular weight excluding hydrogens is 249 g/mol. The standard InChI is InChI=1S/C10H12FNO2S2/c1-8-12(5-6-15-8)16(13,14)10-4-2-3-9(11)7-10/h2-4,7-8H,5-6H2,1H3. The van der Waals surface area contributed by atoms with Crippen LogP contribution in [0.4, 0.5) is 4.39 Å². The van der Waals surface area contributed by atoms with Gasteiger partial charge >= 0.3 is 0 Å². The van der Waals surface area contributed by atoms with Gasteiger partial charge in [-0.25, -0.2) is 12.8 Å². The first-order valence-corrected chi connectivity index (χ1v) is 7.40. The molecule has 0 saturated carbocycles. The zero-order valence-corrected chi connectivity index (χ0v) is 10.4. The molecule has 2 rings (SSSR count). The fourth-order valence-corrected chi connectivity index (χ4v) is 4.71. The molecule has 6 heteroatoms. The lowest BCUT2D eigenvalue weighted by molar-refractivity contribution is 0.441. The van der Waals surface area contributed by atoms with Crippen LogP contribution in [0.1, 0.15) is 6.92 Å². The SMILES string of the molecule is CC1SCCN1S(=O)(=O)c1cccc(F)c1. The van der Waals surface area contributed by atoms with E-state index < -0.39 is 15.8 Å². The van der Waals surface area contributed by atoms with Crippen LogP contribution in [-0.2, 0) is 10.0 Å². The molecule has 1 aliphatic heterocycles. The number of rotatable bonds is 2. The van der Waals surface area contributed by atoms with Crippen LogP contribution in [0, 0.1) is 5.82 Å². The molecule has 0 spiro atoms. The van der Waals surface area contributed by atoms with Crippen molar-refractivity contribution in [2.24, 2.45) is 0 Å². The molecule has 0 radical (unpaired) electrons. The number of nitrogens with zero attached hydrogens (tertiary/aromatic N) is 1. The molecule has 1 fully saturated rings. The highest BCUT2D eigenvalue weighted by Gasteiger charge is 2.33. The monoisotopic (exact) mass is 261 g/mol. The summed E-state index contributed by atoms with van der Waals surface area (Å²) in [6, 6.07) is 5.14. The van der Waals surface area contributed by atoms with Crippen molar-refractivity contribution in [3.63, 3.8) is 0 Å². The average Bonchev–Trinajstić information content (AvgIpc) is 2.65. The maximum atomic E-state index is 13.0. The summed E-state index contributed by atoms with van der Waals surface area (Å²) in [5.41, 5.74) is 0. The third kappa shape index (κ3) is 2.09. The van der Waals surface area contributed by atoms with Gasteiger partial charge in [0.1, 0.15) is 5.82 Å². The van der Waals surface area contributed by atoms with Crippen molar-refractivity contribution >= 4 is 21.8 Å². The Labute approximate surface area is 98.7 Å². The van der Waals surface area contributed by atoms with E-state index in [1.54, 1.807) is 11.8 Å². The molecule has 0 bridgehead atoms. The van der Waals surface area contributed by atoms with Crippen molar-refractivity contribution < 1.29 is 12.8 Å². The maximum absolute atomic E-state index is 13.0. The summed E-state index contributed by atoms with van der Waals surface area (Å²) in [6.07, 6.45) is 0. The van der Waals surface area contributed by atoms with E-state index in [0.717, 1.165) is 11.8 Å². The molecule has 88 valence electrons. The molecule has 16 heavy (non-hydrogen) atoms. The van der Waals surface area contributed by atoms with Crippen molar-refractivity contribution in [3.05, 3.63) is 30.1 Å². The van der Waals surface area contributed by atoms with Gasteiger partial charge in [-0.1, -0.05) is 6.07 Å². The summed E-state index contributed by atoms with van der Waals surface area (Å²) >= 11 is 1.58. The van der Waals surface area contributed by atoms with Crippen LogP contribution in [0.25, 0.3) is 0 Å². The molecule has 1 unspecified atom stereocenters. The van der Waals surface area contributed by atoms with E-state index in [1.165, 1.54) is 22.5 Å². The van der Waals surface area contributed by atoms with Crippen LogP contribution in [0.15, 0.2) is 29.2 Å². The maximum Gasteiger partial charge on any atom is 0.244 e. The lowest BCUT2D eigenvalue weighted by Crippen LogP contribution is -2.33. The Morgan fingerprint density at radius 2 is 2.25 bits per heavy atom. The molecular formula is C10H12FNO2S2. The molecule has 1 aromatic rings. The van der Waals surface area contributed by atoms with Gasteiger partial charge in [-0.2, -0.15) is 4.31 Å². The minimum atomic E-state index is -3.54. The van der Waals surface area contributed by atoms with Crippen LogP contribution in [-0.4, -0.2) is 30.4 Å². The molecule has 0 aliphatic carbocycles. The third-order valence-corrected chi connectivity index (χ3v) is 5.73. The summed E-state index contributed by atoms with van der Waals surface area (Å²) in [7, 11) is -3.54. The van der Waals surface area contributed by atoms with Gasteiger partial charge in [-0.05, 0) is 25.1 Å². The van der Waals surface area contributed by atoms with E-state index in [-0.39, 0.29) is 10.3 Å². The number of hydrogen-bond donors (Lipinski definition) is 0. The Balaban J connectivity index is 2.39. The number of sulfonamides is 1. The first-order chi connectivity index (χ1) is 7.51. The van der Waals surface area contributed by atoms with Crippen molar-refractivity contribution in [1.29, 1.82) is 0 Å². The Kier molecular flexibility index (Phi) is 3.23. The van der Waals surface area contributed by atoms with Crippen molar-refractivity contribution in [2.75, 3.05) is 12.3 Å². The van der Waals surface area contributed by atoms with Gasteiger partial charge in [-0.15, -0.1) is 11.8 Å². The molecule has 3 nitrogen and oxygen atoms in total. The van der Waals surface area contributed by atoms with Gasteiger partial charge in [0.25, 0.3) is 0 Å². The summed E-state index contributed by atoms with van der Waals surface area (Å²) < 4.78 is 38.7. The quantitative estimate of drug-likeness (QED) is 0.816. The van der Waals surface area contributed by atoms with Crippen LogP contribution < -0.4 is 0 Å². The summed E-state index contributed by atoms with van der Waals surface area (Å²) in [4.78, 5) is 0.0295. The number of benzene rings is 1. The summed E-state index contributed by atoms with van der Waals surface area (Å²) in [6.45, 7) is 2.33. The molecule has 1 heterocycles. The van der Waals surface area contributed by atoms with Crippen molar-refractivity contribution in [1.82, 2.24) is 4.31 Å². The fraction of sp³-hybridized carbons (Fsp3) is 0.400. The lowest BCUT2D eigenvalue weighted by atomic mass is 10.4. The predicted molar refractivity (Wildman–Crippen MR) is 62.2 cm³/mol. The topological polar surface area (TPSA) is 37.4 Å². The minimum Gasteiger partial charge on any atom is -0.207 e. The Bertz CT molecular complexity index is 489. The Morgan fingerprint density at radius 3 is 2.81 bits per heavy atom. The van der Waals surface area contributed by atoms with Gasteiger partial charge in [-0.3, -0.25) is 0 Å². The van der Waals surface area contributed by atoms with E-state index in [2.05, 4.69) is 0 Å². The third-order valence-electron chi connectivity index (χ3n) is 2.48. The summed E-state index contributed by atoms with van der Waals surface area (Å²) in [5.74, 6) is 0.260. The van der Waals surface area contributed by atoms with E-state index in [4.69, 9.17) is 0 Å². The van der Waals surface area contributed by atoms with Crippen LogP contribution >= 0.6 is 11.8 Å². The lowest BCUT2D eigenvalue weighted by Gasteiger charge is -2.19. The second-order valence-electron chi connectivity index (χ2n) is 3.54. The normalized spacial score (nSPS) is 22.5. The van der Waals surface area contributed by atoms with Gasteiger partial charge in [0.2, 0.25) is 10.0 Å². The molecule has 1 saturated heterocycles. The van der Waals surface area contributed by atoms with E-state index in [9.17, 15) is 12.8 Å². The molecule has 1 atom stereocenters. The highest BCUT2D eigenvalue weighted by molar-refractivity contribution is 8.01. The largest absolute Gasteiger partial charge is 0.244 e. The van der Waals surface area contributed by atoms with Crippen LogP contribution in [0.3, 0.4) is 0 Å². The first kappa shape index (κ1) is 11.9. The van der Waals surface area contributed by atoms with Crippen LogP contribution in [0.5, 0.6) is 0 Å². The van der Waals surface area contributed by atoms with Crippen LogP contribution in [0.2, 0.25) is 0 Å². The van der Waals surface area contributed by atoms with Crippen molar-refractivity contribution in [3.8, 4) is 0 Å². The molecule has 1 aliphatic rings. The molecule has 0 aromatic heterocycles. The minimum absolute atomic E-state index is 0.0295. The number of thioether (sulfide) groups is 1. The average molecular weight is 261 g/mol. The highest BCUT2D eigenvalue weighted by Crippen LogP contribution is 2.29. The van der Waals surface area contributed by atoms with E-state index in [0.29, 0.717) is 6.54 Å². The highest BCUT2D eigenvalue weighted by atomic mass is 32.2. The summed E-state index contributed by atoms with van der Waals surface area (Å²) in [5, 5.41) is -0.0757. The zero-order valence-electron chi connectivity index (χ0n) is 8.76. The molecule has 0 amide bonds. The first-order valence-electron chi connectivity index (χ1n) is 4.91. The second kappa shape index (κ2) is 4.35.